The van der Waals surface area contributed by atoms with Crippen LogP contribution in [-0.4, -0.2) is 25.1 Å². The Bertz CT molecular complexity index is 473. The summed E-state index contributed by atoms with van der Waals surface area (Å²) in [7, 11) is 0. The van der Waals surface area contributed by atoms with Crippen molar-refractivity contribution in [3.05, 3.63) is 34.9 Å². The molecule has 1 aromatic rings. The molecule has 0 radical (unpaired) electrons. The highest BCUT2D eigenvalue weighted by molar-refractivity contribution is 5.82. The molecule has 4 nitrogen and oxygen atoms in total. The first kappa shape index (κ1) is 11.7. The van der Waals surface area contributed by atoms with Crippen molar-refractivity contribution in [1.82, 2.24) is 10.6 Å². The van der Waals surface area contributed by atoms with Gasteiger partial charge in [0, 0.05) is 6.54 Å². The van der Waals surface area contributed by atoms with Gasteiger partial charge in [0.05, 0.1) is 25.3 Å². The predicted molar refractivity (Wildman–Crippen MR) is 68.2 cm³/mol. The number of nitrogens with one attached hydrogen (secondary N) is 2. The maximum Gasteiger partial charge on any atom is 0.236 e. The third-order valence-electron chi connectivity index (χ3n) is 3.76. The minimum Gasteiger partial charge on any atom is -0.376 e. The molecular formula is C14H18N2O2. The number of hydrogen-bond donors (Lipinski definition) is 2. The zero-order valence-electron chi connectivity index (χ0n) is 10.5. The Morgan fingerprint density at radius 2 is 2.28 bits per heavy atom. The second-order valence-electron chi connectivity index (χ2n) is 4.97. The highest BCUT2D eigenvalue weighted by Crippen LogP contribution is 2.26. The molecule has 1 unspecified atom stereocenters. The van der Waals surface area contributed by atoms with Gasteiger partial charge in [-0.25, -0.2) is 0 Å². The smallest absolute Gasteiger partial charge is 0.236 e. The van der Waals surface area contributed by atoms with Gasteiger partial charge in [0.2, 0.25) is 5.91 Å². The van der Waals surface area contributed by atoms with Crippen LogP contribution in [0, 0.1) is 0 Å². The normalized spacial score (nSPS) is 27.5. The first-order valence-electron chi connectivity index (χ1n) is 6.48. The lowest BCUT2D eigenvalue weighted by Gasteiger charge is -2.32. The number of carbonyl (C=O) groups excluding carboxylic acids is 1. The lowest BCUT2D eigenvalue weighted by molar-refractivity contribution is -0.124. The molecule has 0 spiro atoms. The Balaban J connectivity index is 1.90. The molecule has 0 bridgehead atoms. The Kier molecular flexibility index (Phi) is 3.06. The fourth-order valence-corrected chi connectivity index (χ4v) is 2.77. The molecule has 2 heterocycles. The van der Waals surface area contributed by atoms with Gasteiger partial charge in [-0.15, -0.1) is 0 Å². The Morgan fingerprint density at radius 1 is 1.39 bits per heavy atom. The summed E-state index contributed by atoms with van der Waals surface area (Å²) in [5.74, 6) is 0.0828. The summed E-state index contributed by atoms with van der Waals surface area (Å²) in [5.41, 5.74) is 3.98. The van der Waals surface area contributed by atoms with Crippen molar-refractivity contribution in [3.8, 4) is 0 Å². The molecule has 1 aromatic carbocycles. The van der Waals surface area contributed by atoms with Crippen molar-refractivity contribution < 1.29 is 9.53 Å². The number of carbonyl (C=O) groups is 1. The van der Waals surface area contributed by atoms with E-state index in [0.29, 0.717) is 13.2 Å². The van der Waals surface area contributed by atoms with Crippen LogP contribution in [0.3, 0.4) is 0 Å². The Morgan fingerprint density at radius 3 is 3.11 bits per heavy atom. The van der Waals surface area contributed by atoms with E-state index in [2.05, 4.69) is 28.8 Å². The molecule has 96 valence electrons. The van der Waals surface area contributed by atoms with E-state index in [9.17, 15) is 4.79 Å². The van der Waals surface area contributed by atoms with Crippen LogP contribution in [0.5, 0.6) is 0 Å². The second-order valence-corrected chi connectivity index (χ2v) is 4.97. The monoisotopic (exact) mass is 246 g/mol. The van der Waals surface area contributed by atoms with E-state index in [1.807, 2.05) is 6.92 Å². The summed E-state index contributed by atoms with van der Waals surface area (Å²) in [6, 6.07) is 6.45. The molecule has 2 aliphatic heterocycles. The lowest BCUT2D eigenvalue weighted by Crippen LogP contribution is -2.53. The zero-order chi connectivity index (χ0) is 12.5. The molecule has 18 heavy (non-hydrogen) atoms. The van der Waals surface area contributed by atoms with Gasteiger partial charge in [-0.2, -0.15) is 0 Å². The number of piperazine rings is 1. The summed E-state index contributed by atoms with van der Waals surface area (Å²) in [5, 5.41) is 6.33. The van der Waals surface area contributed by atoms with Crippen LogP contribution in [0.15, 0.2) is 18.2 Å². The molecule has 1 fully saturated rings. The van der Waals surface area contributed by atoms with Gasteiger partial charge >= 0.3 is 0 Å². The first-order chi connectivity index (χ1) is 8.75. The second kappa shape index (κ2) is 4.71. The van der Waals surface area contributed by atoms with Crippen LogP contribution in [0.2, 0.25) is 0 Å². The largest absolute Gasteiger partial charge is 0.376 e. The molecule has 1 saturated heterocycles. The highest BCUT2D eigenvalue weighted by atomic mass is 16.5. The molecule has 0 saturated carbocycles. The van der Waals surface area contributed by atoms with E-state index in [1.54, 1.807) is 0 Å². The van der Waals surface area contributed by atoms with Crippen LogP contribution in [0.1, 0.15) is 29.7 Å². The lowest BCUT2D eigenvalue weighted by atomic mass is 9.91. The van der Waals surface area contributed by atoms with Gasteiger partial charge in [-0.3, -0.25) is 10.1 Å². The van der Waals surface area contributed by atoms with E-state index >= 15 is 0 Å². The zero-order valence-corrected chi connectivity index (χ0v) is 10.5. The maximum atomic E-state index is 11.5. The van der Waals surface area contributed by atoms with Gasteiger partial charge < -0.3 is 10.1 Å². The third kappa shape index (κ3) is 2.02. The van der Waals surface area contributed by atoms with Gasteiger partial charge in [-0.05, 0) is 30.0 Å². The average molecular weight is 246 g/mol. The van der Waals surface area contributed by atoms with Crippen molar-refractivity contribution in [1.29, 1.82) is 0 Å². The standard InChI is InChI=1S/C14H18N2O2/c1-9-14(17)15-7-13(16-9)12-4-2-3-10-8-18-6-5-11(10)12/h2-4,9,13,16H,5-8H2,1H3,(H,15,17)/t9-,13?/m0/s1. The van der Waals surface area contributed by atoms with E-state index < -0.39 is 0 Å². The summed E-state index contributed by atoms with van der Waals surface area (Å²) in [6.45, 7) is 4.07. The molecule has 1 amide bonds. The molecule has 3 rings (SSSR count). The van der Waals surface area contributed by atoms with E-state index in [0.717, 1.165) is 13.0 Å². The van der Waals surface area contributed by atoms with Crippen molar-refractivity contribution >= 4 is 5.91 Å². The summed E-state index contributed by atoms with van der Waals surface area (Å²) in [4.78, 5) is 11.5. The minimum absolute atomic E-state index is 0.0828. The number of ether oxygens (including phenoxy) is 1. The fraction of sp³-hybridized carbons (Fsp3) is 0.500. The molecular weight excluding hydrogens is 228 g/mol. The van der Waals surface area contributed by atoms with Gasteiger partial charge in [0.1, 0.15) is 0 Å². The summed E-state index contributed by atoms with van der Waals surface area (Å²) < 4.78 is 5.49. The number of rotatable bonds is 1. The van der Waals surface area contributed by atoms with E-state index in [-0.39, 0.29) is 18.0 Å². The molecule has 4 heteroatoms. The van der Waals surface area contributed by atoms with Crippen LogP contribution in [-0.2, 0) is 22.6 Å². The topological polar surface area (TPSA) is 50.4 Å². The third-order valence-corrected chi connectivity index (χ3v) is 3.76. The van der Waals surface area contributed by atoms with Crippen molar-refractivity contribution in [2.24, 2.45) is 0 Å². The number of benzene rings is 1. The molecule has 2 atom stereocenters. The van der Waals surface area contributed by atoms with Crippen LogP contribution in [0.25, 0.3) is 0 Å². The highest BCUT2D eigenvalue weighted by Gasteiger charge is 2.27. The van der Waals surface area contributed by atoms with Crippen molar-refractivity contribution in [3.63, 3.8) is 0 Å². The number of fused-ring (bicyclic) bond motifs is 1. The minimum atomic E-state index is -0.126. The summed E-state index contributed by atoms with van der Waals surface area (Å²) >= 11 is 0. The molecule has 2 N–H and O–H groups in total. The van der Waals surface area contributed by atoms with Crippen molar-refractivity contribution in [2.75, 3.05) is 13.2 Å². The SMILES string of the molecule is C[C@@H]1NC(c2cccc3c2CCOC3)CNC1=O. The van der Waals surface area contributed by atoms with E-state index in [1.165, 1.54) is 16.7 Å². The van der Waals surface area contributed by atoms with E-state index in [4.69, 9.17) is 4.74 Å². The van der Waals surface area contributed by atoms with Gasteiger partial charge in [-0.1, -0.05) is 18.2 Å². The molecule has 2 aliphatic rings. The fourth-order valence-electron chi connectivity index (χ4n) is 2.77. The maximum absolute atomic E-state index is 11.5. The van der Waals surface area contributed by atoms with Crippen LogP contribution < -0.4 is 10.6 Å². The van der Waals surface area contributed by atoms with Crippen LogP contribution in [0.4, 0.5) is 0 Å². The number of hydrogen-bond acceptors (Lipinski definition) is 3. The summed E-state index contributed by atoms with van der Waals surface area (Å²) in [6.07, 6.45) is 0.964. The van der Waals surface area contributed by atoms with Gasteiger partial charge in [0.25, 0.3) is 0 Å². The predicted octanol–water partition coefficient (Wildman–Crippen LogP) is 0.908. The first-order valence-corrected chi connectivity index (χ1v) is 6.48. The average Bonchev–Trinajstić information content (AvgIpc) is 2.41. The quantitative estimate of drug-likeness (QED) is 0.774. The Labute approximate surface area is 107 Å². The van der Waals surface area contributed by atoms with Crippen LogP contribution >= 0.6 is 0 Å². The molecule has 0 aliphatic carbocycles. The Hall–Kier alpha value is -1.39. The van der Waals surface area contributed by atoms with Gasteiger partial charge in [0.15, 0.2) is 0 Å². The van der Waals surface area contributed by atoms with Crippen molar-refractivity contribution in [2.45, 2.75) is 32.0 Å². The number of amides is 1. The molecule has 0 aromatic heterocycles.